The lowest BCUT2D eigenvalue weighted by Crippen LogP contribution is -2.40. The fourth-order valence-corrected chi connectivity index (χ4v) is 5.00. The number of benzene rings is 2. The molecule has 0 amide bonds. The summed E-state index contributed by atoms with van der Waals surface area (Å²) < 4.78 is 37.5. The third kappa shape index (κ3) is 4.88. The summed E-state index contributed by atoms with van der Waals surface area (Å²) >= 11 is 6.17. The lowest BCUT2D eigenvalue weighted by molar-refractivity contribution is -0.134. The second-order valence-electron chi connectivity index (χ2n) is 7.08. The molecule has 0 unspecified atom stereocenters. The van der Waals surface area contributed by atoms with Crippen LogP contribution in [0, 0.1) is 0 Å². The van der Waals surface area contributed by atoms with E-state index in [1.54, 1.807) is 48.7 Å². The van der Waals surface area contributed by atoms with Crippen molar-refractivity contribution in [3.8, 4) is 5.75 Å². The normalized spacial score (nSPS) is 15.1. The van der Waals surface area contributed by atoms with Crippen molar-refractivity contribution in [2.75, 3.05) is 26.3 Å². The van der Waals surface area contributed by atoms with Crippen LogP contribution in [0.5, 0.6) is 5.75 Å². The molecule has 1 aromatic heterocycles. The van der Waals surface area contributed by atoms with Crippen LogP contribution < -0.4 is 4.74 Å². The molecule has 1 aliphatic rings. The number of nitrogens with zero attached hydrogens (tertiary/aromatic N) is 2. The highest BCUT2D eigenvalue weighted by atomic mass is 35.5. The summed E-state index contributed by atoms with van der Waals surface area (Å²) in [7, 11) is -3.53. The minimum Gasteiger partial charge on any atom is -0.424 e. The SMILES string of the molecule is O=C(CCc1ccc(S(=O)(=O)N2CCOCC2)cc1)Oc1ccc(Cl)c2cccnc12. The van der Waals surface area contributed by atoms with Gasteiger partial charge in [0.05, 0.1) is 23.1 Å². The summed E-state index contributed by atoms with van der Waals surface area (Å²) in [5.41, 5.74) is 1.37. The number of esters is 1. The van der Waals surface area contributed by atoms with Gasteiger partial charge in [0.2, 0.25) is 10.0 Å². The van der Waals surface area contributed by atoms with Crippen LogP contribution in [0.15, 0.2) is 59.6 Å². The van der Waals surface area contributed by atoms with Crippen molar-refractivity contribution in [2.45, 2.75) is 17.7 Å². The molecule has 9 heteroatoms. The molecular weight excluding hydrogens is 440 g/mol. The van der Waals surface area contributed by atoms with Crippen molar-refractivity contribution in [1.29, 1.82) is 0 Å². The third-order valence-corrected chi connectivity index (χ3v) is 7.29. The van der Waals surface area contributed by atoms with Crippen LogP contribution in [0.1, 0.15) is 12.0 Å². The second kappa shape index (κ2) is 9.32. The zero-order chi connectivity index (χ0) is 21.8. The van der Waals surface area contributed by atoms with Gasteiger partial charge in [-0.2, -0.15) is 4.31 Å². The molecule has 1 aliphatic heterocycles. The van der Waals surface area contributed by atoms with Gasteiger partial charge >= 0.3 is 5.97 Å². The molecule has 0 atom stereocenters. The van der Waals surface area contributed by atoms with Crippen LogP contribution in [0.4, 0.5) is 0 Å². The number of hydrogen-bond acceptors (Lipinski definition) is 6. The standard InChI is InChI=1S/C22H21ClN2O5S/c23-19-8-9-20(22-18(19)2-1-11-24-22)30-21(26)10-5-16-3-6-17(7-4-16)31(27,28)25-12-14-29-15-13-25/h1-4,6-9,11H,5,10,12-15H2. The van der Waals surface area contributed by atoms with Crippen LogP contribution in [-0.2, 0) is 26.0 Å². The number of halogens is 1. The van der Waals surface area contributed by atoms with E-state index >= 15 is 0 Å². The monoisotopic (exact) mass is 460 g/mol. The number of carbonyl (C=O) groups is 1. The molecule has 2 aromatic carbocycles. The first kappa shape index (κ1) is 21.7. The van der Waals surface area contributed by atoms with Gasteiger partial charge in [0, 0.05) is 31.1 Å². The number of aryl methyl sites for hydroxylation is 1. The van der Waals surface area contributed by atoms with E-state index in [4.69, 9.17) is 21.1 Å². The molecule has 7 nitrogen and oxygen atoms in total. The van der Waals surface area contributed by atoms with Gasteiger partial charge in [-0.25, -0.2) is 8.42 Å². The Morgan fingerprint density at radius 3 is 2.58 bits per heavy atom. The van der Waals surface area contributed by atoms with Gasteiger partial charge in [0.1, 0.15) is 5.52 Å². The largest absolute Gasteiger partial charge is 0.424 e. The maximum Gasteiger partial charge on any atom is 0.311 e. The number of morpholine rings is 1. The average molecular weight is 461 g/mol. The van der Waals surface area contributed by atoms with Crippen LogP contribution in [0.2, 0.25) is 5.02 Å². The Morgan fingerprint density at radius 2 is 1.84 bits per heavy atom. The summed E-state index contributed by atoms with van der Waals surface area (Å²) in [6.07, 6.45) is 2.19. The molecule has 4 rings (SSSR count). The summed E-state index contributed by atoms with van der Waals surface area (Å²) in [6.45, 7) is 1.50. The molecule has 0 bridgehead atoms. The first-order chi connectivity index (χ1) is 14.9. The molecule has 0 spiro atoms. The molecule has 2 heterocycles. The lowest BCUT2D eigenvalue weighted by atomic mass is 10.1. The minimum absolute atomic E-state index is 0.145. The van der Waals surface area contributed by atoms with Gasteiger partial charge in [-0.05, 0) is 48.4 Å². The Hall–Kier alpha value is -2.52. The highest BCUT2D eigenvalue weighted by Gasteiger charge is 2.26. The van der Waals surface area contributed by atoms with Crippen molar-refractivity contribution in [3.63, 3.8) is 0 Å². The number of rotatable bonds is 6. The van der Waals surface area contributed by atoms with Crippen molar-refractivity contribution >= 4 is 38.5 Å². The summed E-state index contributed by atoms with van der Waals surface area (Å²) in [4.78, 5) is 16.8. The number of hydrogen-bond donors (Lipinski definition) is 0. The third-order valence-electron chi connectivity index (χ3n) is 5.05. The average Bonchev–Trinajstić information content (AvgIpc) is 2.80. The molecular formula is C22H21ClN2O5S. The van der Waals surface area contributed by atoms with Crippen molar-refractivity contribution < 1.29 is 22.7 Å². The zero-order valence-electron chi connectivity index (χ0n) is 16.7. The van der Waals surface area contributed by atoms with E-state index in [2.05, 4.69) is 4.98 Å². The van der Waals surface area contributed by atoms with E-state index in [0.29, 0.717) is 54.4 Å². The van der Waals surface area contributed by atoms with Gasteiger partial charge in [-0.15, -0.1) is 0 Å². The Labute approximate surface area is 185 Å². The number of sulfonamides is 1. The Kier molecular flexibility index (Phi) is 6.52. The molecule has 31 heavy (non-hydrogen) atoms. The van der Waals surface area contributed by atoms with Crippen LogP contribution >= 0.6 is 11.6 Å². The molecule has 0 saturated carbocycles. The first-order valence-corrected chi connectivity index (χ1v) is 11.7. The van der Waals surface area contributed by atoms with Crippen molar-refractivity contribution in [1.82, 2.24) is 9.29 Å². The Bertz CT molecular complexity index is 1190. The van der Waals surface area contributed by atoms with E-state index in [9.17, 15) is 13.2 Å². The maximum atomic E-state index is 12.7. The van der Waals surface area contributed by atoms with Crippen molar-refractivity contribution in [3.05, 3.63) is 65.3 Å². The topological polar surface area (TPSA) is 85.8 Å². The second-order valence-corrected chi connectivity index (χ2v) is 9.42. The molecule has 162 valence electrons. The van der Waals surface area contributed by atoms with Gasteiger partial charge in [0.25, 0.3) is 0 Å². The highest BCUT2D eigenvalue weighted by Crippen LogP contribution is 2.30. The smallest absolute Gasteiger partial charge is 0.311 e. The number of ether oxygens (including phenoxy) is 2. The fourth-order valence-electron chi connectivity index (χ4n) is 3.38. The summed E-state index contributed by atoms with van der Waals surface area (Å²) in [5.74, 6) is -0.0451. The minimum atomic E-state index is -3.53. The first-order valence-electron chi connectivity index (χ1n) is 9.86. The van der Waals surface area contributed by atoms with Gasteiger partial charge in [0.15, 0.2) is 5.75 Å². The van der Waals surface area contributed by atoms with Gasteiger partial charge in [-0.1, -0.05) is 23.7 Å². The Morgan fingerprint density at radius 1 is 1.10 bits per heavy atom. The Balaban J connectivity index is 1.39. The van der Waals surface area contributed by atoms with Gasteiger partial charge < -0.3 is 9.47 Å². The van der Waals surface area contributed by atoms with E-state index < -0.39 is 16.0 Å². The zero-order valence-corrected chi connectivity index (χ0v) is 18.2. The molecule has 1 fully saturated rings. The number of carbonyl (C=O) groups excluding carboxylic acids is 1. The number of aromatic nitrogens is 1. The summed E-state index contributed by atoms with van der Waals surface area (Å²) in [6, 6.07) is 13.5. The highest BCUT2D eigenvalue weighted by molar-refractivity contribution is 7.89. The number of fused-ring (bicyclic) bond motifs is 1. The summed E-state index contributed by atoms with van der Waals surface area (Å²) in [5, 5.41) is 1.25. The van der Waals surface area contributed by atoms with Crippen LogP contribution in [-0.4, -0.2) is 50.0 Å². The molecule has 1 saturated heterocycles. The van der Waals surface area contributed by atoms with Crippen LogP contribution in [0.3, 0.4) is 0 Å². The van der Waals surface area contributed by atoms with Crippen molar-refractivity contribution in [2.24, 2.45) is 0 Å². The molecule has 0 aliphatic carbocycles. The maximum absolute atomic E-state index is 12.7. The predicted molar refractivity (Wildman–Crippen MR) is 117 cm³/mol. The lowest BCUT2D eigenvalue weighted by Gasteiger charge is -2.26. The molecule has 0 N–H and O–H groups in total. The predicted octanol–water partition coefficient (Wildman–Crippen LogP) is 3.45. The van der Waals surface area contributed by atoms with E-state index in [-0.39, 0.29) is 11.3 Å². The number of pyridine rings is 1. The van der Waals surface area contributed by atoms with E-state index in [0.717, 1.165) is 5.56 Å². The van der Waals surface area contributed by atoms with E-state index in [1.807, 2.05) is 6.07 Å². The van der Waals surface area contributed by atoms with Crippen LogP contribution in [0.25, 0.3) is 10.9 Å². The van der Waals surface area contributed by atoms with E-state index in [1.165, 1.54) is 4.31 Å². The molecule has 3 aromatic rings. The fraction of sp³-hybridized carbons (Fsp3) is 0.273. The quantitative estimate of drug-likeness (QED) is 0.413. The molecule has 0 radical (unpaired) electrons. The van der Waals surface area contributed by atoms with Gasteiger partial charge in [-0.3, -0.25) is 9.78 Å².